The van der Waals surface area contributed by atoms with E-state index in [0.717, 1.165) is 40.0 Å². The average Bonchev–Trinajstić information content (AvgIpc) is 3.48. The van der Waals surface area contributed by atoms with E-state index in [9.17, 15) is 0 Å². The van der Waals surface area contributed by atoms with Gasteiger partial charge in [0.2, 0.25) is 0 Å². The molecule has 30 heavy (non-hydrogen) atoms. The maximum atomic E-state index is 5.56. The van der Waals surface area contributed by atoms with E-state index in [1.807, 2.05) is 30.7 Å². The predicted molar refractivity (Wildman–Crippen MR) is 112 cm³/mol. The van der Waals surface area contributed by atoms with Gasteiger partial charge >= 0.3 is 0 Å². The SMILES string of the molecule is C[C@H]1N=C(c2ccccn2)c2cc([C@]34C[C@H]3C4)ccc2-n2cnc(-c3cnco3)c21. The Morgan fingerprint density at radius 2 is 2.03 bits per heavy atom. The summed E-state index contributed by atoms with van der Waals surface area (Å²) in [5.74, 6) is 1.54. The lowest BCUT2D eigenvalue weighted by atomic mass is 9.96. The van der Waals surface area contributed by atoms with Gasteiger partial charge in [-0.15, -0.1) is 0 Å². The summed E-state index contributed by atoms with van der Waals surface area (Å²) in [5, 5.41) is 0. The summed E-state index contributed by atoms with van der Waals surface area (Å²) in [4.78, 5) is 18.5. The summed E-state index contributed by atoms with van der Waals surface area (Å²) in [6.07, 6.45) is 9.48. The number of nitrogens with zero attached hydrogens (tertiary/aromatic N) is 5. The van der Waals surface area contributed by atoms with E-state index in [0.29, 0.717) is 11.2 Å². The Balaban J connectivity index is 1.49. The number of pyridine rings is 1. The molecule has 1 aliphatic heterocycles. The number of hydrogen-bond acceptors (Lipinski definition) is 5. The molecule has 0 amide bonds. The number of aromatic nitrogens is 4. The Labute approximate surface area is 173 Å². The van der Waals surface area contributed by atoms with Gasteiger partial charge < -0.3 is 4.42 Å². The Morgan fingerprint density at radius 1 is 1.13 bits per heavy atom. The number of aliphatic imine (C=N–C) groups is 1. The van der Waals surface area contributed by atoms with Gasteiger partial charge in [0, 0.05) is 11.8 Å². The zero-order valence-corrected chi connectivity index (χ0v) is 16.5. The smallest absolute Gasteiger partial charge is 0.181 e. The summed E-state index contributed by atoms with van der Waals surface area (Å²) in [6.45, 7) is 2.10. The lowest BCUT2D eigenvalue weighted by Gasteiger charge is -2.14. The van der Waals surface area contributed by atoms with E-state index < -0.39 is 0 Å². The molecule has 0 N–H and O–H groups in total. The van der Waals surface area contributed by atoms with Crippen LogP contribution in [0.15, 0.2) is 70.9 Å². The highest BCUT2D eigenvalue weighted by molar-refractivity contribution is 6.14. The summed E-state index contributed by atoms with van der Waals surface area (Å²) in [7, 11) is 0. The molecule has 0 unspecified atom stereocenters. The van der Waals surface area contributed by atoms with Crippen LogP contribution >= 0.6 is 0 Å². The molecule has 3 aliphatic rings. The fraction of sp³-hybridized carbons (Fsp3) is 0.250. The van der Waals surface area contributed by atoms with Crippen molar-refractivity contribution in [3.8, 4) is 17.1 Å². The van der Waals surface area contributed by atoms with Crippen molar-refractivity contribution < 1.29 is 4.42 Å². The summed E-state index contributed by atoms with van der Waals surface area (Å²) in [6, 6.07) is 12.7. The fourth-order valence-electron chi connectivity index (χ4n) is 4.92. The molecule has 0 radical (unpaired) electrons. The summed E-state index contributed by atoms with van der Waals surface area (Å²) < 4.78 is 7.71. The third-order valence-electron chi connectivity index (χ3n) is 6.86. The number of rotatable bonds is 3. The molecular weight excluding hydrogens is 374 g/mol. The monoisotopic (exact) mass is 393 g/mol. The molecule has 7 rings (SSSR count). The molecule has 146 valence electrons. The number of imidazole rings is 1. The first-order valence-electron chi connectivity index (χ1n) is 10.4. The van der Waals surface area contributed by atoms with Crippen molar-refractivity contribution in [1.29, 1.82) is 0 Å². The maximum Gasteiger partial charge on any atom is 0.181 e. The van der Waals surface area contributed by atoms with E-state index in [2.05, 4.69) is 44.6 Å². The first-order chi connectivity index (χ1) is 14.7. The van der Waals surface area contributed by atoms with Gasteiger partial charge in [0.1, 0.15) is 12.0 Å². The third-order valence-corrected chi connectivity index (χ3v) is 6.86. The molecule has 2 fully saturated rings. The van der Waals surface area contributed by atoms with Crippen LogP contribution in [0.3, 0.4) is 0 Å². The molecule has 1 atom stereocenters. The number of fused-ring (bicyclic) bond motifs is 4. The number of hydrogen-bond donors (Lipinski definition) is 0. The molecular formula is C24H19N5O. The van der Waals surface area contributed by atoms with Gasteiger partial charge in [-0.2, -0.15) is 0 Å². The second-order valence-corrected chi connectivity index (χ2v) is 8.58. The van der Waals surface area contributed by atoms with Crippen LogP contribution in [-0.4, -0.2) is 25.2 Å². The van der Waals surface area contributed by atoms with Gasteiger partial charge in [-0.25, -0.2) is 9.97 Å². The van der Waals surface area contributed by atoms with Crippen LogP contribution in [0.5, 0.6) is 0 Å². The highest BCUT2D eigenvalue weighted by atomic mass is 16.3. The fourth-order valence-corrected chi connectivity index (χ4v) is 4.92. The summed E-state index contributed by atoms with van der Waals surface area (Å²) >= 11 is 0. The molecule has 6 heteroatoms. The normalized spacial score (nSPS) is 25.6. The van der Waals surface area contributed by atoms with Gasteiger partial charge in [-0.3, -0.25) is 14.5 Å². The van der Waals surface area contributed by atoms with Gasteiger partial charge in [0.05, 0.1) is 35.0 Å². The Morgan fingerprint density at radius 3 is 2.77 bits per heavy atom. The van der Waals surface area contributed by atoms with Gasteiger partial charge in [0.25, 0.3) is 0 Å². The Hall–Kier alpha value is -3.54. The van der Waals surface area contributed by atoms with Crippen molar-refractivity contribution in [3.63, 3.8) is 0 Å². The standard InChI is InChI=1S/C24H19N5O/c1-14-23-22(20-11-25-13-30-20)27-12-29(23)19-6-5-15(24-9-16(24)10-24)8-17(19)21(28-14)18-4-2-3-7-26-18/h2-8,11-14,16H,9-10H2,1H3/t14-,16-,24+/m1/s1. The predicted octanol–water partition coefficient (Wildman–Crippen LogP) is 4.50. The van der Waals surface area contributed by atoms with Crippen molar-refractivity contribution in [1.82, 2.24) is 19.5 Å². The Kier molecular flexibility index (Phi) is 3.00. The van der Waals surface area contributed by atoms with Crippen LogP contribution < -0.4 is 0 Å². The Bertz CT molecular complexity index is 1310. The zero-order valence-electron chi connectivity index (χ0n) is 16.5. The van der Waals surface area contributed by atoms with Gasteiger partial charge in [0.15, 0.2) is 12.2 Å². The van der Waals surface area contributed by atoms with Crippen molar-refractivity contribution in [2.45, 2.75) is 31.2 Å². The van der Waals surface area contributed by atoms with Crippen molar-refractivity contribution in [2.75, 3.05) is 0 Å². The zero-order chi connectivity index (χ0) is 19.9. The third kappa shape index (κ3) is 2.13. The minimum atomic E-state index is -0.117. The molecule has 2 saturated carbocycles. The molecule has 0 saturated heterocycles. The number of benzene rings is 1. The molecule has 3 aromatic heterocycles. The second kappa shape index (κ2) is 5.53. The maximum absolute atomic E-state index is 5.56. The largest absolute Gasteiger partial charge is 0.442 e. The lowest BCUT2D eigenvalue weighted by Crippen LogP contribution is -2.10. The molecule has 2 aliphatic carbocycles. The molecule has 4 heterocycles. The second-order valence-electron chi connectivity index (χ2n) is 8.58. The topological polar surface area (TPSA) is 69.1 Å². The lowest BCUT2D eigenvalue weighted by molar-refractivity contribution is 0.568. The number of oxazole rings is 1. The van der Waals surface area contributed by atoms with E-state index >= 15 is 0 Å². The van der Waals surface area contributed by atoms with Crippen molar-refractivity contribution >= 4 is 5.71 Å². The van der Waals surface area contributed by atoms with Crippen molar-refractivity contribution in [2.24, 2.45) is 10.9 Å². The van der Waals surface area contributed by atoms with Crippen LogP contribution in [-0.2, 0) is 5.41 Å². The highest BCUT2D eigenvalue weighted by Crippen LogP contribution is 2.75. The van der Waals surface area contributed by atoms with E-state index in [-0.39, 0.29) is 6.04 Å². The van der Waals surface area contributed by atoms with Gasteiger partial charge in [-0.05, 0) is 60.9 Å². The van der Waals surface area contributed by atoms with Crippen LogP contribution in [0.25, 0.3) is 17.1 Å². The van der Waals surface area contributed by atoms with Crippen LogP contribution in [0.4, 0.5) is 0 Å². The highest BCUT2D eigenvalue weighted by Gasteiger charge is 2.70. The first-order valence-corrected chi connectivity index (χ1v) is 10.4. The summed E-state index contributed by atoms with van der Waals surface area (Å²) in [5.41, 5.74) is 7.67. The molecule has 4 aromatic rings. The van der Waals surface area contributed by atoms with Gasteiger partial charge in [-0.1, -0.05) is 12.1 Å². The van der Waals surface area contributed by atoms with E-state index in [4.69, 9.17) is 9.41 Å². The molecule has 0 bridgehead atoms. The molecule has 1 aromatic carbocycles. The van der Waals surface area contributed by atoms with Crippen LogP contribution in [0.1, 0.15) is 48.3 Å². The minimum Gasteiger partial charge on any atom is -0.442 e. The van der Waals surface area contributed by atoms with Crippen LogP contribution in [0.2, 0.25) is 0 Å². The van der Waals surface area contributed by atoms with Crippen molar-refractivity contribution in [3.05, 3.63) is 84.0 Å². The van der Waals surface area contributed by atoms with E-state index in [1.54, 1.807) is 6.20 Å². The minimum absolute atomic E-state index is 0.117. The molecule has 6 nitrogen and oxygen atoms in total. The van der Waals surface area contributed by atoms with Crippen LogP contribution in [0, 0.1) is 5.92 Å². The first kappa shape index (κ1) is 16.3. The van der Waals surface area contributed by atoms with E-state index in [1.165, 1.54) is 24.8 Å². The molecule has 0 spiro atoms. The quantitative estimate of drug-likeness (QED) is 0.514. The average molecular weight is 393 g/mol.